The maximum absolute atomic E-state index is 5.97. The van der Waals surface area contributed by atoms with E-state index >= 15 is 0 Å². The SMILES string of the molecule is CCCCCCC(CNCCC)c1ccc(Cl)cc1. The Morgan fingerprint density at radius 3 is 2.37 bits per heavy atom. The molecule has 1 atom stereocenters. The molecule has 0 aromatic heterocycles. The summed E-state index contributed by atoms with van der Waals surface area (Å²) < 4.78 is 0. The van der Waals surface area contributed by atoms with Crippen LogP contribution in [-0.2, 0) is 0 Å². The average Bonchev–Trinajstić information content (AvgIpc) is 2.43. The zero-order chi connectivity index (χ0) is 13.9. The summed E-state index contributed by atoms with van der Waals surface area (Å²) in [6.07, 6.45) is 7.82. The molecule has 1 rings (SSSR count). The molecule has 0 aliphatic rings. The van der Waals surface area contributed by atoms with Crippen LogP contribution in [0, 0.1) is 0 Å². The molecule has 1 unspecified atom stereocenters. The smallest absolute Gasteiger partial charge is 0.0406 e. The number of unbranched alkanes of at least 4 members (excludes halogenated alkanes) is 3. The van der Waals surface area contributed by atoms with E-state index in [0.29, 0.717) is 5.92 Å². The Hall–Kier alpha value is -0.530. The maximum Gasteiger partial charge on any atom is 0.0406 e. The van der Waals surface area contributed by atoms with E-state index in [-0.39, 0.29) is 0 Å². The molecule has 1 aromatic carbocycles. The summed E-state index contributed by atoms with van der Waals surface area (Å²) >= 11 is 5.97. The van der Waals surface area contributed by atoms with Crippen LogP contribution in [0.5, 0.6) is 0 Å². The van der Waals surface area contributed by atoms with Gasteiger partial charge in [-0.1, -0.05) is 63.3 Å². The van der Waals surface area contributed by atoms with E-state index in [9.17, 15) is 0 Å². The van der Waals surface area contributed by atoms with Crippen molar-refractivity contribution in [2.75, 3.05) is 13.1 Å². The molecule has 1 nitrogen and oxygen atoms in total. The lowest BCUT2D eigenvalue weighted by molar-refractivity contribution is 0.513. The van der Waals surface area contributed by atoms with E-state index in [0.717, 1.165) is 18.1 Å². The molecule has 1 aromatic rings. The van der Waals surface area contributed by atoms with Crippen molar-refractivity contribution in [2.24, 2.45) is 0 Å². The van der Waals surface area contributed by atoms with E-state index in [1.165, 1.54) is 44.1 Å². The third-order valence-corrected chi connectivity index (χ3v) is 3.82. The van der Waals surface area contributed by atoms with Crippen LogP contribution in [0.1, 0.15) is 63.9 Å². The summed E-state index contributed by atoms with van der Waals surface area (Å²) in [5.41, 5.74) is 1.42. The first-order chi connectivity index (χ1) is 9.27. The number of rotatable bonds is 10. The van der Waals surface area contributed by atoms with Crippen LogP contribution in [0.3, 0.4) is 0 Å². The Morgan fingerprint density at radius 2 is 1.74 bits per heavy atom. The van der Waals surface area contributed by atoms with Gasteiger partial charge in [0, 0.05) is 11.6 Å². The molecule has 19 heavy (non-hydrogen) atoms. The fourth-order valence-electron chi connectivity index (χ4n) is 2.39. The molecule has 2 heteroatoms. The highest BCUT2D eigenvalue weighted by atomic mass is 35.5. The first kappa shape index (κ1) is 16.5. The molecule has 0 bridgehead atoms. The van der Waals surface area contributed by atoms with Gasteiger partial charge in [-0.25, -0.2) is 0 Å². The lowest BCUT2D eigenvalue weighted by Crippen LogP contribution is -2.22. The van der Waals surface area contributed by atoms with Gasteiger partial charge in [-0.05, 0) is 43.0 Å². The molecule has 0 spiro atoms. The Kier molecular flexibility index (Phi) is 8.94. The highest BCUT2D eigenvalue weighted by Crippen LogP contribution is 2.23. The van der Waals surface area contributed by atoms with Crippen LogP contribution in [0.2, 0.25) is 5.02 Å². The number of hydrogen-bond donors (Lipinski definition) is 1. The van der Waals surface area contributed by atoms with Crippen LogP contribution in [0.25, 0.3) is 0 Å². The summed E-state index contributed by atoms with van der Waals surface area (Å²) in [5, 5.41) is 4.38. The van der Waals surface area contributed by atoms with Crippen LogP contribution < -0.4 is 5.32 Å². The summed E-state index contributed by atoms with van der Waals surface area (Å²) in [5.74, 6) is 0.626. The second-order valence-electron chi connectivity index (χ2n) is 5.30. The first-order valence-corrected chi connectivity index (χ1v) is 8.11. The Bertz CT molecular complexity index is 321. The minimum atomic E-state index is 0.626. The van der Waals surface area contributed by atoms with Crippen molar-refractivity contribution in [1.29, 1.82) is 0 Å². The largest absolute Gasteiger partial charge is 0.316 e. The lowest BCUT2D eigenvalue weighted by atomic mass is 9.93. The van der Waals surface area contributed by atoms with Crippen molar-refractivity contribution in [3.63, 3.8) is 0 Å². The van der Waals surface area contributed by atoms with Crippen LogP contribution >= 0.6 is 11.6 Å². The fourth-order valence-corrected chi connectivity index (χ4v) is 2.52. The fraction of sp³-hybridized carbons (Fsp3) is 0.647. The van der Waals surface area contributed by atoms with Crippen molar-refractivity contribution in [3.8, 4) is 0 Å². The molecule has 1 N–H and O–H groups in total. The summed E-state index contributed by atoms with van der Waals surface area (Å²) in [4.78, 5) is 0. The molecule has 108 valence electrons. The molecular weight excluding hydrogens is 254 g/mol. The molecule has 0 heterocycles. The highest BCUT2D eigenvalue weighted by molar-refractivity contribution is 6.30. The number of halogens is 1. The Labute approximate surface area is 123 Å². The van der Waals surface area contributed by atoms with Gasteiger partial charge in [0.15, 0.2) is 0 Å². The van der Waals surface area contributed by atoms with E-state index < -0.39 is 0 Å². The van der Waals surface area contributed by atoms with Gasteiger partial charge >= 0.3 is 0 Å². The number of benzene rings is 1. The van der Waals surface area contributed by atoms with Gasteiger partial charge in [0.05, 0.1) is 0 Å². The first-order valence-electron chi connectivity index (χ1n) is 7.74. The zero-order valence-electron chi connectivity index (χ0n) is 12.4. The topological polar surface area (TPSA) is 12.0 Å². The monoisotopic (exact) mass is 281 g/mol. The van der Waals surface area contributed by atoms with Crippen molar-refractivity contribution in [2.45, 2.75) is 58.3 Å². The molecule has 0 radical (unpaired) electrons. The van der Waals surface area contributed by atoms with Gasteiger partial charge in [0.2, 0.25) is 0 Å². The molecule has 0 saturated carbocycles. The van der Waals surface area contributed by atoms with Crippen LogP contribution in [0.4, 0.5) is 0 Å². The normalized spacial score (nSPS) is 12.6. The predicted octanol–water partition coefficient (Wildman–Crippen LogP) is 5.39. The molecule has 0 amide bonds. The standard InChI is InChI=1S/C17H28ClN/c1-3-5-6-7-8-16(14-19-13-4-2)15-9-11-17(18)12-10-15/h9-12,16,19H,3-8,13-14H2,1-2H3. The van der Waals surface area contributed by atoms with Gasteiger partial charge in [-0.2, -0.15) is 0 Å². The van der Waals surface area contributed by atoms with Crippen LogP contribution in [-0.4, -0.2) is 13.1 Å². The summed E-state index contributed by atoms with van der Waals surface area (Å²) in [7, 11) is 0. The highest BCUT2D eigenvalue weighted by Gasteiger charge is 2.10. The van der Waals surface area contributed by atoms with Gasteiger partial charge in [0.1, 0.15) is 0 Å². The van der Waals surface area contributed by atoms with E-state index in [2.05, 4.69) is 31.3 Å². The zero-order valence-corrected chi connectivity index (χ0v) is 13.2. The third kappa shape index (κ3) is 6.98. The molecular formula is C17H28ClN. The number of nitrogens with one attached hydrogen (secondary N) is 1. The maximum atomic E-state index is 5.97. The second kappa shape index (κ2) is 10.3. The van der Waals surface area contributed by atoms with Gasteiger partial charge in [-0.15, -0.1) is 0 Å². The van der Waals surface area contributed by atoms with Crippen molar-refractivity contribution in [3.05, 3.63) is 34.9 Å². The van der Waals surface area contributed by atoms with E-state index in [4.69, 9.17) is 11.6 Å². The van der Waals surface area contributed by atoms with Crippen molar-refractivity contribution in [1.82, 2.24) is 5.32 Å². The van der Waals surface area contributed by atoms with Crippen molar-refractivity contribution < 1.29 is 0 Å². The minimum Gasteiger partial charge on any atom is -0.316 e. The van der Waals surface area contributed by atoms with Crippen molar-refractivity contribution >= 4 is 11.6 Å². The minimum absolute atomic E-state index is 0.626. The van der Waals surface area contributed by atoms with Gasteiger partial charge < -0.3 is 5.32 Å². The average molecular weight is 282 g/mol. The third-order valence-electron chi connectivity index (χ3n) is 3.57. The molecule has 0 saturated heterocycles. The molecule has 0 aliphatic carbocycles. The summed E-state index contributed by atoms with van der Waals surface area (Å²) in [6.45, 7) is 6.67. The van der Waals surface area contributed by atoms with Gasteiger partial charge in [-0.3, -0.25) is 0 Å². The summed E-state index contributed by atoms with van der Waals surface area (Å²) in [6, 6.07) is 8.38. The van der Waals surface area contributed by atoms with Crippen LogP contribution in [0.15, 0.2) is 24.3 Å². The predicted molar refractivity (Wildman–Crippen MR) is 86.1 cm³/mol. The Balaban J connectivity index is 2.49. The number of hydrogen-bond acceptors (Lipinski definition) is 1. The van der Waals surface area contributed by atoms with Gasteiger partial charge in [0.25, 0.3) is 0 Å². The molecule has 0 aliphatic heterocycles. The lowest BCUT2D eigenvalue weighted by Gasteiger charge is -2.18. The Morgan fingerprint density at radius 1 is 1.00 bits per heavy atom. The van der Waals surface area contributed by atoms with E-state index in [1.807, 2.05) is 12.1 Å². The molecule has 0 fully saturated rings. The second-order valence-corrected chi connectivity index (χ2v) is 5.74. The quantitative estimate of drug-likeness (QED) is 0.567. The van der Waals surface area contributed by atoms with E-state index in [1.54, 1.807) is 0 Å².